The minimum Gasteiger partial charge on any atom is -0.493 e. The van der Waals surface area contributed by atoms with Crippen molar-refractivity contribution in [2.24, 2.45) is 0 Å². The van der Waals surface area contributed by atoms with Gasteiger partial charge in [-0.2, -0.15) is 0 Å². The van der Waals surface area contributed by atoms with Gasteiger partial charge in [-0.3, -0.25) is 14.9 Å². The van der Waals surface area contributed by atoms with Gasteiger partial charge in [0, 0.05) is 29.9 Å². The molecular formula is C26H29N3O4S. The van der Waals surface area contributed by atoms with Crippen molar-refractivity contribution in [2.45, 2.75) is 46.1 Å². The molecule has 0 saturated carbocycles. The maximum atomic E-state index is 12.5. The Hall–Kier alpha value is -3.39. The van der Waals surface area contributed by atoms with Gasteiger partial charge in [-0.15, -0.1) is 11.3 Å². The highest BCUT2D eigenvalue weighted by molar-refractivity contribution is 7.14. The molecule has 8 heteroatoms. The Balaban J connectivity index is 1.43. The number of amides is 2. The molecule has 2 N–H and O–H groups in total. The Kier molecular flexibility index (Phi) is 7.17. The largest absolute Gasteiger partial charge is 0.493 e. The lowest BCUT2D eigenvalue weighted by atomic mass is 9.97. The summed E-state index contributed by atoms with van der Waals surface area (Å²) in [5.41, 5.74) is 4.74. The number of aromatic nitrogens is 1. The average molecular weight is 480 g/mol. The number of hydrogen-bond donors (Lipinski definition) is 2. The average Bonchev–Trinajstić information content (AvgIpc) is 3.25. The van der Waals surface area contributed by atoms with E-state index in [0.717, 1.165) is 39.4 Å². The van der Waals surface area contributed by atoms with Crippen LogP contribution < -0.4 is 20.1 Å². The van der Waals surface area contributed by atoms with Gasteiger partial charge in [0.2, 0.25) is 5.91 Å². The molecule has 2 amide bonds. The number of hydrogen-bond acceptors (Lipinski definition) is 6. The number of ether oxygens (including phenoxy) is 2. The van der Waals surface area contributed by atoms with Gasteiger partial charge in [0.1, 0.15) is 11.5 Å². The van der Waals surface area contributed by atoms with E-state index in [0.29, 0.717) is 24.1 Å². The van der Waals surface area contributed by atoms with Crippen molar-refractivity contribution in [1.29, 1.82) is 0 Å². The van der Waals surface area contributed by atoms with Gasteiger partial charge in [-0.05, 0) is 48.2 Å². The first kappa shape index (κ1) is 23.8. The van der Waals surface area contributed by atoms with Crippen molar-refractivity contribution in [1.82, 2.24) is 10.3 Å². The molecule has 2 heterocycles. The molecule has 178 valence electrons. The van der Waals surface area contributed by atoms with E-state index in [4.69, 9.17) is 9.47 Å². The van der Waals surface area contributed by atoms with Crippen LogP contribution in [0.3, 0.4) is 0 Å². The van der Waals surface area contributed by atoms with Crippen LogP contribution in [-0.2, 0) is 9.59 Å². The number of fused-ring (bicyclic) bond motifs is 1. The predicted molar refractivity (Wildman–Crippen MR) is 134 cm³/mol. The van der Waals surface area contributed by atoms with Gasteiger partial charge in [-0.1, -0.05) is 26.0 Å². The monoisotopic (exact) mass is 479 g/mol. The second kappa shape index (κ2) is 10.3. The van der Waals surface area contributed by atoms with Gasteiger partial charge < -0.3 is 14.8 Å². The number of rotatable bonds is 7. The highest BCUT2D eigenvalue weighted by atomic mass is 32.1. The molecule has 34 heavy (non-hydrogen) atoms. The fourth-order valence-electron chi connectivity index (χ4n) is 3.96. The Labute approximate surface area is 203 Å². The molecule has 1 aliphatic rings. The molecule has 1 atom stereocenters. The standard InChI is InChI=1S/C26H29N3O4S/c1-15(2)19-7-5-16(3)11-24(19)33-13-25(31)29-26-28-22(14-34-26)18-6-8-23-20(12-18)21(9-10-32-23)27-17(4)30/h5-8,11-12,14-15,21H,9-10,13H2,1-4H3,(H,27,30)(H,28,29,31). The second-order valence-corrected chi connectivity index (χ2v) is 9.57. The van der Waals surface area contributed by atoms with E-state index in [1.165, 1.54) is 18.3 Å². The minimum atomic E-state index is -0.262. The summed E-state index contributed by atoms with van der Waals surface area (Å²) in [4.78, 5) is 28.7. The molecule has 2 aromatic carbocycles. The first-order valence-corrected chi connectivity index (χ1v) is 12.2. The Bertz CT molecular complexity index is 1200. The van der Waals surface area contributed by atoms with Crippen LogP contribution in [0, 0.1) is 6.92 Å². The van der Waals surface area contributed by atoms with Gasteiger partial charge in [-0.25, -0.2) is 4.98 Å². The molecule has 0 saturated heterocycles. The first-order valence-electron chi connectivity index (χ1n) is 11.3. The van der Waals surface area contributed by atoms with Crippen LogP contribution in [0.1, 0.15) is 55.8 Å². The number of carbonyl (C=O) groups is 2. The maximum Gasteiger partial charge on any atom is 0.264 e. The summed E-state index contributed by atoms with van der Waals surface area (Å²) >= 11 is 1.35. The summed E-state index contributed by atoms with van der Waals surface area (Å²) in [5, 5.41) is 8.21. The number of aryl methyl sites for hydroxylation is 1. The molecule has 1 aromatic heterocycles. The molecule has 1 unspecified atom stereocenters. The van der Waals surface area contributed by atoms with Crippen molar-refractivity contribution in [3.8, 4) is 22.8 Å². The first-order chi connectivity index (χ1) is 16.3. The van der Waals surface area contributed by atoms with Crippen molar-refractivity contribution in [2.75, 3.05) is 18.5 Å². The van der Waals surface area contributed by atoms with Crippen LogP contribution in [0.15, 0.2) is 41.8 Å². The number of nitrogens with one attached hydrogen (secondary N) is 2. The molecule has 0 bridgehead atoms. The van der Waals surface area contributed by atoms with E-state index >= 15 is 0 Å². The summed E-state index contributed by atoms with van der Waals surface area (Å²) in [6, 6.07) is 11.8. The quantitative estimate of drug-likeness (QED) is 0.485. The topological polar surface area (TPSA) is 89.6 Å². The number of thiazole rings is 1. The molecule has 3 aromatic rings. The van der Waals surface area contributed by atoms with Gasteiger partial charge >= 0.3 is 0 Å². The van der Waals surface area contributed by atoms with Crippen LogP contribution in [0.5, 0.6) is 11.5 Å². The zero-order valence-electron chi connectivity index (χ0n) is 19.8. The molecule has 1 aliphatic heterocycles. The third-order valence-corrected chi connectivity index (χ3v) is 6.38. The Morgan fingerprint density at radius 3 is 2.82 bits per heavy atom. The molecule has 4 rings (SSSR count). The number of benzene rings is 2. The van der Waals surface area contributed by atoms with Crippen molar-refractivity contribution < 1.29 is 19.1 Å². The lowest BCUT2D eigenvalue weighted by molar-refractivity contribution is -0.120. The number of carbonyl (C=O) groups excluding carboxylic acids is 2. The Morgan fingerprint density at radius 2 is 2.06 bits per heavy atom. The highest BCUT2D eigenvalue weighted by Gasteiger charge is 2.23. The van der Waals surface area contributed by atoms with Crippen molar-refractivity contribution in [3.05, 3.63) is 58.5 Å². The van der Waals surface area contributed by atoms with Gasteiger partial charge in [0.15, 0.2) is 11.7 Å². The predicted octanol–water partition coefficient (Wildman–Crippen LogP) is 5.22. The summed E-state index contributed by atoms with van der Waals surface area (Å²) < 4.78 is 11.6. The fraction of sp³-hybridized carbons (Fsp3) is 0.346. The third-order valence-electron chi connectivity index (χ3n) is 5.62. The van der Waals surface area contributed by atoms with E-state index < -0.39 is 0 Å². The van der Waals surface area contributed by atoms with Crippen LogP contribution in [-0.4, -0.2) is 30.0 Å². The molecular weight excluding hydrogens is 450 g/mol. The second-order valence-electron chi connectivity index (χ2n) is 8.71. The van der Waals surface area contributed by atoms with Gasteiger partial charge in [0.05, 0.1) is 18.3 Å². The zero-order valence-corrected chi connectivity index (χ0v) is 20.6. The van der Waals surface area contributed by atoms with E-state index in [9.17, 15) is 9.59 Å². The molecule has 7 nitrogen and oxygen atoms in total. The van der Waals surface area contributed by atoms with Crippen molar-refractivity contribution in [3.63, 3.8) is 0 Å². The van der Waals surface area contributed by atoms with E-state index in [1.807, 2.05) is 48.7 Å². The fourth-order valence-corrected chi connectivity index (χ4v) is 4.69. The van der Waals surface area contributed by atoms with E-state index in [1.54, 1.807) is 0 Å². The summed E-state index contributed by atoms with van der Waals surface area (Å²) in [6.45, 7) is 8.18. The number of anilines is 1. The SMILES string of the molecule is CC(=O)NC1CCOc2ccc(-c3csc(NC(=O)COc4cc(C)ccc4C(C)C)n3)cc21. The van der Waals surface area contributed by atoms with E-state index in [-0.39, 0.29) is 24.5 Å². The minimum absolute atomic E-state index is 0.0738. The van der Waals surface area contributed by atoms with Crippen LogP contribution in [0.4, 0.5) is 5.13 Å². The third kappa shape index (κ3) is 5.56. The molecule has 0 spiro atoms. The summed E-state index contributed by atoms with van der Waals surface area (Å²) in [7, 11) is 0. The lowest BCUT2D eigenvalue weighted by Crippen LogP contribution is -2.30. The van der Waals surface area contributed by atoms with E-state index in [2.05, 4.69) is 29.5 Å². The van der Waals surface area contributed by atoms with Crippen LogP contribution in [0.25, 0.3) is 11.3 Å². The molecule has 0 aliphatic carbocycles. The Morgan fingerprint density at radius 1 is 1.24 bits per heavy atom. The zero-order chi connectivity index (χ0) is 24.2. The lowest BCUT2D eigenvalue weighted by Gasteiger charge is -2.26. The summed E-state index contributed by atoms with van der Waals surface area (Å²) in [6.07, 6.45) is 0.716. The molecule has 0 radical (unpaired) electrons. The smallest absolute Gasteiger partial charge is 0.264 e. The molecule has 0 fully saturated rings. The number of nitrogens with zero attached hydrogens (tertiary/aromatic N) is 1. The van der Waals surface area contributed by atoms with Crippen LogP contribution in [0.2, 0.25) is 0 Å². The van der Waals surface area contributed by atoms with Gasteiger partial charge in [0.25, 0.3) is 5.91 Å². The maximum absolute atomic E-state index is 12.5. The normalized spacial score (nSPS) is 14.8. The summed E-state index contributed by atoms with van der Waals surface area (Å²) in [5.74, 6) is 1.46. The van der Waals surface area contributed by atoms with Crippen LogP contribution >= 0.6 is 11.3 Å². The highest BCUT2D eigenvalue weighted by Crippen LogP contribution is 2.36. The van der Waals surface area contributed by atoms with Crippen molar-refractivity contribution >= 4 is 28.3 Å².